The molecule has 24 heavy (non-hydrogen) atoms. The maximum absolute atomic E-state index is 12.0. The molecule has 0 N–H and O–H groups in total. The van der Waals surface area contributed by atoms with E-state index in [1.165, 1.54) is 22.2 Å². The molecule has 2 heterocycles. The number of aryl methyl sites for hydroxylation is 3. The SMILES string of the molecule is Cc1nc(SCC(=O)OCc2ccccc2)c2c(C)c(C)sc2n1. The molecular formula is C18H18N2O2S2. The minimum atomic E-state index is -0.238. The molecule has 2 aromatic heterocycles. The summed E-state index contributed by atoms with van der Waals surface area (Å²) in [6, 6.07) is 9.68. The van der Waals surface area contributed by atoms with Crippen LogP contribution in [-0.4, -0.2) is 21.7 Å². The zero-order valence-corrected chi connectivity index (χ0v) is 15.5. The van der Waals surface area contributed by atoms with Crippen LogP contribution in [0.25, 0.3) is 10.2 Å². The summed E-state index contributed by atoms with van der Waals surface area (Å²) in [4.78, 5) is 23.3. The fourth-order valence-electron chi connectivity index (χ4n) is 2.33. The number of esters is 1. The first-order chi connectivity index (χ1) is 11.5. The number of ether oxygens (including phenoxy) is 1. The Kier molecular flexibility index (Phi) is 5.16. The smallest absolute Gasteiger partial charge is 0.316 e. The van der Waals surface area contributed by atoms with E-state index in [0.29, 0.717) is 6.61 Å². The predicted octanol–water partition coefficient (Wildman–Crippen LogP) is 4.45. The summed E-state index contributed by atoms with van der Waals surface area (Å²) in [6.45, 7) is 6.33. The predicted molar refractivity (Wildman–Crippen MR) is 98.6 cm³/mol. The van der Waals surface area contributed by atoms with Gasteiger partial charge < -0.3 is 4.74 Å². The molecule has 0 spiro atoms. The Morgan fingerprint density at radius 1 is 1.17 bits per heavy atom. The van der Waals surface area contributed by atoms with Gasteiger partial charge >= 0.3 is 5.97 Å². The molecule has 0 saturated carbocycles. The van der Waals surface area contributed by atoms with Crippen LogP contribution in [0.4, 0.5) is 0 Å². The summed E-state index contributed by atoms with van der Waals surface area (Å²) in [7, 11) is 0. The van der Waals surface area contributed by atoms with Crippen molar-refractivity contribution in [2.24, 2.45) is 0 Å². The highest BCUT2D eigenvalue weighted by Gasteiger charge is 2.15. The van der Waals surface area contributed by atoms with Crippen molar-refractivity contribution in [1.82, 2.24) is 9.97 Å². The molecule has 0 fully saturated rings. The van der Waals surface area contributed by atoms with E-state index in [9.17, 15) is 4.79 Å². The molecule has 0 amide bonds. The fraction of sp³-hybridized carbons (Fsp3) is 0.278. The largest absolute Gasteiger partial charge is 0.460 e. The van der Waals surface area contributed by atoms with Crippen LogP contribution in [-0.2, 0) is 16.1 Å². The second-order valence-corrected chi connectivity index (χ2v) is 7.64. The molecule has 3 rings (SSSR count). The Hall–Kier alpha value is -1.92. The highest BCUT2D eigenvalue weighted by Crippen LogP contribution is 2.35. The second kappa shape index (κ2) is 7.32. The summed E-state index contributed by atoms with van der Waals surface area (Å²) in [5.41, 5.74) is 2.18. The van der Waals surface area contributed by atoms with E-state index in [1.807, 2.05) is 37.3 Å². The van der Waals surface area contributed by atoms with Crippen molar-refractivity contribution in [2.45, 2.75) is 32.4 Å². The zero-order chi connectivity index (χ0) is 17.1. The van der Waals surface area contributed by atoms with Gasteiger partial charge in [0.15, 0.2) is 0 Å². The molecule has 0 radical (unpaired) electrons. The first-order valence-corrected chi connectivity index (χ1v) is 9.41. The number of fused-ring (bicyclic) bond motifs is 1. The minimum absolute atomic E-state index is 0.238. The number of thiophene rings is 1. The Morgan fingerprint density at radius 3 is 2.67 bits per heavy atom. The number of thioether (sulfide) groups is 1. The summed E-state index contributed by atoms with van der Waals surface area (Å²) in [5, 5.41) is 1.92. The summed E-state index contributed by atoms with van der Waals surface area (Å²) >= 11 is 3.08. The summed E-state index contributed by atoms with van der Waals surface area (Å²) in [6.07, 6.45) is 0. The van der Waals surface area contributed by atoms with Gasteiger partial charge in [-0.15, -0.1) is 11.3 Å². The summed E-state index contributed by atoms with van der Waals surface area (Å²) < 4.78 is 5.33. The van der Waals surface area contributed by atoms with E-state index < -0.39 is 0 Å². The van der Waals surface area contributed by atoms with Crippen LogP contribution in [0.1, 0.15) is 21.8 Å². The average Bonchev–Trinajstić information content (AvgIpc) is 2.86. The molecule has 124 valence electrons. The van der Waals surface area contributed by atoms with Crippen molar-refractivity contribution in [3.63, 3.8) is 0 Å². The van der Waals surface area contributed by atoms with Crippen molar-refractivity contribution in [3.05, 3.63) is 52.2 Å². The van der Waals surface area contributed by atoms with Crippen LogP contribution >= 0.6 is 23.1 Å². The lowest BCUT2D eigenvalue weighted by Gasteiger charge is -2.06. The van der Waals surface area contributed by atoms with E-state index in [2.05, 4.69) is 23.8 Å². The van der Waals surface area contributed by atoms with Crippen molar-refractivity contribution in [1.29, 1.82) is 0 Å². The normalized spacial score (nSPS) is 11.0. The maximum atomic E-state index is 12.0. The van der Waals surface area contributed by atoms with E-state index >= 15 is 0 Å². The first kappa shape index (κ1) is 16.9. The van der Waals surface area contributed by atoms with Gasteiger partial charge in [0.05, 0.1) is 5.75 Å². The number of aromatic nitrogens is 2. The van der Waals surface area contributed by atoms with Gasteiger partial charge in [-0.1, -0.05) is 42.1 Å². The maximum Gasteiger partial charge on any atom is 0.316 e. The lowest BCUT2D eigenvalue weighted by atomic mass is 10.2. The van der Waals surface area contributed by atoms with Gasteiger partial charge in [-0.2, -0.15) is 0 Å². The van der Waals surface area contributed by atoms with Gasteiger partial charge in [-0.05, 0) is 31.9 Å². The lowest BCUT2D eigenvalue weighted by molar-refractivity contribution is -0.141. The van der Waals surface area contributed by atoms with E-state index in [1.54, 1.807) is 11.3 Å². The molecule has 0 saturated heterocycles. The molecule has 0 aliphatic rings. The van der Waals surface area contributed by atoms with Crippen molar-refractivity contribution in [3.8, 4) is 0 Å². The number of rotatable bonds is 5. The highest BCUT2D eigenvalue weighted by molar-refractivity contribution is 8.00. The van der Waals surface area contributed by atoms with Gasteiger partial charge in [0.25, 0.3) is 0 Å². The molecule has 4 nitrogen and oxygen atoms in total. The standard InChI is InChI=1S/C18H18N2O2S2/c1-11-12(2)24-18-16(11)17(19-13(3)20-18)23-10-15(21)22-9-14-7-5-4-6-8-14/h4-8H,9-10H2,1-3H3. The third kappa shape index (κ3) is 3.76. The van der Waals surface area contributed by atoms with Crippen LogP contribution in [0.5, 0.6) is 0 Å². The molecule has 6 heteroatoms. The monoisotopic (exact) mass is 358 g/mol. The van der Waals surface area contributed by atoms with Crippen LogP contribution in [0.2, 0.25) is 0 Å². The molecule has 0 aliphatic heterocycles. The Morgan fingerprint density at radius 2 is 1.92 bits per heavy atom. The van der Waals surface area contributed by atoms with Gasteiger partial charge in [0.2, 0.25) is 0 Å². The number of carbonyl (C=O) groups is 1. The zero-order valence-electron chi connectivity index (χ0n) is 13.8. The number of carbonyl (C=O) groups excluding carboxylic acids is 1. The van der Waals surface area contributed by atoms with Crippen LogP contribution in [0, 0.1) is 20.8 Å². The van der Waals surface area contributed by atoms with Crippen LogP contribution in [0.3, 0.4) is 0 Å². The van der Waals surface area contributed by atoms with Gasteiger partial charge in [0.1, 0.15) is 22.3 Å². The molecule has 1 aromatic carbocycles. The minimum Gasteiger partial charge on any atom is -0.460 e. The molecular weight excluding hydrogens is 340 g/mol. The molecule has 0 aliphatic carbocycles. The average molecular weight is 358 g/mol. The fourth-order valence-corrected chi connectivity index (χ4v) is 4.39. The number of nitrogens with zero attached hydrogens (tertiary/aromatic N) is 2. The van der Waals surface area contributed by atoms with Crippen molar-refractivity contribution >= 4 is 39.3 Å². The van der Waals surface area contributed by atoms with Crippen LogP contribution < -0.4 is 0 Å². The quantitative estimate of drug-likeness (QED) is 0.383. The van der Waals surface area contributed by atoms with Gasteiger partial charge in [-0.25, -0.2) is 9.97 Å². The van der Waals surface area contributed by atoms with E-state index in [0.717, 1.165) is 26.6 Å². The molecule has 0 unspecified atom stereocenters. The Balaban J connectivity index is 1.68. The number of hydrogen-bond donors (Lipinski definition) is 0. The molecule has 0 atom stereocenters. The summed E-state index contributed by atoms with van der Waals surface area (Å²) in [5.74, 6) is 0.731. The third-order valence-electron chi connectivity index (χ3n) is 3.68. The van der Waals surface area contributed by atoms with Crippen LogP contribution in [0.15, 0.2) is 35.4 Å². The lowest BCUT2D eigenvalue weighted by Crippen LogP contribution is -2.07. The van der Waals surface area contributed by atoms with Gasteiger partial charge in [0, 0.05) is 10.3 Å². The molecule has 3 aromatic rings. The number of hydrogen-bond acceptors (Lipinski definition) is 6. The highest BCUT2D eigenvalue weighted by atomic mass is 32.2. The first-order valence-electron chi connectivity index (χ1n) is 7.61. The number of benzene rings is 1. The third-order valence-corrected chi connectivity index (χ3v) is 5.73. The Labute approximate surface area is 149 Å². The van der Waals surface area contributed by atoms with Crippen molar-refractivity contribution in [2.75, 3.05) is 5.75 Å². The molecule has 0 bridgehead atoms. The van der Waals surface area contributed by atoms with Gasteiger partial charge in [-0.3, -0.25) is 4.79 Å². The Bertz CT molecular complexity index is 876. The van der Waals surface area contributed by atoms with E-state index in [4.69, 9.17) is 4.74 Å². The van der Waals surface area contributed by atoms with E-state index in [-0.39, 0.29) is 11.7 Å². The van der Waals surface area contributed by atoms with Crippen molar-refractivity contribution < 1.29 is 9.53 Å². The topological polar surface area (TPSA) is 52.1 Å². The second-order valence-electron chi connectivity index (χ2n) is 5.47.